The summed E-state index contributed by atoms with van der Waals surface area (Å²) in [5.41, 5.74) is 0.622. The van der Waals surface area contributed by atoms with Gasteiger partial charge in [0.05, 0.1) is 5.36 Å². The highest BCUT2D eigenvalue weighted by Gasteiger charge is 2.13. The predicted octanol–water partition coefficient (Wildman–Crippen LogP) is 2.20. The van der Waals surface area contributed by atoms with Gasteiger partial charge in [0.2, 0.25) is 0 Å². The molecule has 1 heterocycles. The van der Waals surface area contributed by atoms with E-state index >= 15 is 0 Å². The molecule has 1 aliphatic heterocycles. The first-order valence-electron chi connectivity index (χ1n) is 5.75. The number of para-hydroxylation sites is 1. The number of benzene rings is 2. The lowest BCUT2D eigenvalue weighted by Crippen LogP contribution is -2.26. The van der Waals surface area contributed by atoms with Gasteiger partial charge in [-0.15, -0.1) is 0 Å². The van der Waals surface area contributed by atoms with E-state index in [-0.39, 0.29) is 11.0 Å². The van der Waals surface area contributed by atoms with Crippen molar-refractivity contribution < 1.29 is 9.59 Å². The van der Waals surface area contributed by atoms with Gasteiger partial charge in [0.1, 0.15) is 0 Å². The fraction of sp³-hybridized carbons (Fsp3) is 0. The number of thioether (sulfide) groups is 1. The van der Waals surface area contributed by atoms with Crippen LogP contribution in [0.5, 0.6) is 0 Å². The third-order valence-corrected chi connectivity index (χ3v) is 3.59. The van der Waals surface area contributed by atoms with Gasteiger partial charge in [-0.3, -0.25) is 9.59 Å². The van der Waals surface area contributed by atoms with Crippen LogP contribution < -0.4 is 10.6 Å². The average Bonchev–Trinajstić information content (AvgIpc) is 2.81. The van der Waals surface area contributed by atoms with Gasteiger partial charge in [-0.2, -0.15) is 0 Å². The van der Waals surface area contributed by atoms with Crippen molar-refractivity contribution in [3.8, 4) is 0 Å². The summed E-state index contributed by atoms with van der Waals surface area (Å²) in [4.78, 5) is 28.2. The van der Waals surface area contributed by atoms with Crippen molar-refractivity contribution >= 4 is 28.9 Å². The predicted molar refractivity (Wildman–Crippen MR) is 73.7 cm³/mol. The standard InChI is InChI=1S/C15H9NO2S/c17-12(10-5-2-1-3-6-10)9-11-7-4-8-13-14(11)16-15(18)19-13/h1-9H. The van der Waals surface area contributed by atoms with Gasteiger partial charge in [-0.05, 0) is 23.9 Å². The van der Waals surface area contributed by atoms with E-state index in [1.165, 1.54) is 6.08 Å². The molecular weight excluding hydrogens is 258 g/mol. The molecule has 4 heteroatoms. The fourth-order valence-corrected chi connectivity index (χ4v) is 2.62. The van der Waals surface area contributed by atoms with E-state index in [0.717, 1.165) is 16.7 Å². The quantitative estimate of drug-likeness (QED) is 0.784. The number of carbonyl (C=O) groups is 2. The van der Waals surface area contributed by atoms with Gasteiger partial charge in [0.15, 0.2) is 5.78 Å². The Morgan fingerprint density at radius 1 is 1.05 bits per heavy atom. The molecule has 0 saturated heterocycles. The van der Waals surface area contributed by atoms with E-state index < -0.39 is 0 Å². The van der Waals surface area contributed by atoms with Crippen molar-refractivity contribution in [3.63, 3.8) is 0 Å². The van der Waals surface area contributed by atoms with Gasteiger partial charge in [-0.1, -0.05) is 42.5 Å². The molecule has 1 amide bonds. The smallest absolute Gasteiger partial charge is 0.289 e. The molecule has 2 aromatic carbocycles. The second-order valence-electron chi connectivity index (χ2n) is 4.05. The summed E-state index contributed by atoms with van der Waals surface area (Å²) in [7, 11) is 0. The Kier molecular flexibility index (Phi) is 3.01. The lowest BCUT2D eigenvalue weighted by Gasteiger charge is -1.94. The summed E-state index contributed by atoms with van der Waals surface area (Å²) in [6.07, 6.45) is 1.52. The number of rotatable bonds is 2. The first-order valence-corrected chi connectivity index (χ1v) is 6.56. The monoisotopic (exact) mass is 267 g/mol. The maximum Gasteiger partial charge on any atom is 0.310 e. The number of hydrogen-bond donors (Lipinski definition) is 0. The van der Waals surface area contributed by atoms with Crippen molar-refractivity contribution in [3.05, 3.63) is 64.7 Å². The first kappa shape index (κ1) is 11.9. The molecule has 0 unspecified atom stereocenters. The molecule has 2 aromatic rings. The highest BCUT2D eigenvalue weighted by atomic mass is 32.2. The van der Waals surface area contributed by atoms with Gasteiger partial charge in [0.25, 0.3) is 0 Å². The highest BCUT2D eigenvalue weighted by molar-refractivity contribution is 8.13. The molecule has 0 spiro atoms. The number of ketones is 1. The molecule has 3 rings (SSSR count). The van der Waals surface area contributed by atoms with Crippen LogP contribution in [0, 0.1) is 0 Å². The van der Waals surface area contributed by atoms with Crippen LogP contribution in [0.15, 0.2) is 58.4 Å². The Hall–Kier alpha value is -2.20. The molecule has 0 radical (unpaired) electrons. The average molecular weight is 267 g/mol. The van der Waals surface area contributed by atoms with E-state index in [4.69, 9.17) is 0 Å². The summed E-state index contributed by atoms with van der Waals surface area (Å²) in [5.74, 6) is -0.0893. The number of amides is 1. The minimum absolute atomic E-state index is 0.0893. The van der Waals surface area contributed by atoms with E-state index in [1.807, 2.05) is 30.3 Å². The van der Waals surface area contributed by atoms with Crippen LogP contribution in [-0.2, 0) is 0 Å². The van der Waals surface area contributed by atoms with E-state index in [9.17, 15) is 9.59 Å². The van der Waals surface area contributed by atoms with Gasteiger partial charge in [-0.25, -0.2) is 4.99 Å². The normalized spacial score (nSPS) is 14.1. The molecule has 92 valence electrons. The van der Waals surface area contributed by atoms with Crippen molar-refractivity contribution in [2.24, 2.45) is 4.99 Å². The lowest BCUT2D eigenvalue weighted by molar-refractivity contribution is 0.106. The maximum atomic E-state index is 12.1. The first-order chi connectivity index (χ1) is 9.24. The van der Waals surface area contributed by atoms with Crippen LogP contribution in [0.25, 0.3) is 6.08 Å². The molecule has 0 aliphatic carbocycles. The minimum atomic E-state index is -0.233. The second-order valence-corrected chi connectivity index (χ2v) is 5.04. The zero-order valence-corrected chi connectivity index (χ0v) is 10.7. The largest absolute Gasteiger partial charge is 0.310 e. The maximum absolute atomic E-state index is 12.1. The van der Waals surface area contributed by atoms with E-state index in [2.05, 4.69) is 4.99 Å². The molecule has 0 fully saturated rings. The minimum Gasteiger partial charge on any atom is -0.289 e. The van der Waals surface area contributed by atoms with Crippen molar-refractivity contribution in [2.75, 3.05) is 0 Å². The Labute approximate surface area is 113 Å². The second kappa shape index (κ2) is 4.82. The number of carbonyl (C=O) groups excluding carboxylic acids is 2. The zero-order valence-electron chi connectivity index (χ0n) is 9.87. The third kappa shape index (κ3) is 2.35. The van der Waals surface area contributed by atoms with Crippen LogP contribution in [0.2, 0.25) is 0 Å². The molecule has 0 N–H and O–H groups in total. The SMILES string of the molecule is O=C1N=c2c(cccc2=CC(=O)c2ccccc2)S1. The number of hydrogen-bond acceptors (Lipinski definition) is 3. The number of Topliss-reactive ketones (excluding diaryl/α,β-unsaturated/α-hetero) is 1. The topological polar surface area (TPSA) is 46.5 Å². The van der Waals surface area contributed by atoms with E-state index in [0.29, 0.717) is 16.1 Å². The Morgan fingerprint density at radius 3 is 2.63 bits per heavy atom. The zero-order chi connectivity index (χ0) is 13.2. The van der Waals surface area contributed by atoms with Crippen LogP contribution in [0.4, 0.5) is 4.79 Å². The van der Waals surface area contributed by atoms with Crippen LogP contribution in [0.1, 0.15) is 10.4 Å². The fourth-order valence-electron chi connectivity index (χ4n) is 1.89. The summed E-state index contributed by atoms with van der Waals surface area (Å²) in [6, 6.07) is 14.5. The van der Waals surface area contributed by atoms with E-state index in [1.54, 1.807) is 18.2 Å². The van der Waals surface area contributed by atoms with Gasteiger partial charge in [0, 0.05) is 15.7 Å². The summed E-state index contributed by atoms with van der Waals surface area (Å²) < 4.78 is 0. The van der Waals surface area contributed by atoms with Crippen molar-refractivity contribution in [1.29, 1.82) is 0 Å². The Bertz CT molecular complexity index is 782. The molecule has 0 bridgehead atoms. The van der Waals surface area contributed by atoms with Crippen molar-refractivity contribution in [1.82, 2.24) is 0 Å². The molecule has 0 saturated carbocycles. The molecule has 1 aliphatic rings. The number of nitrogens with zero attached hydrogens (tertiary/aromatic N) is 1. The van der Waals surface area contributed by atoms with Crippen LogP contribution >= 0.6 is 11.8 Å². The Balaban J connectivity index is 2.12. The third-order valence-electron chi connectivity index (χ3n) is 2.78. The lowest BCUT2D eigenvalue weighted by atomic mass is 10.1. The van der Waals surface area contributed by atoms with Gasteiger partial charge >= 0.3 is 5.24 Å². The van der Waals surface area contributed by atoms with Crippen LogP contribution in [0.3, 0.4) is 0 Å². The molecule has 0 atom stereocenters. The van der Waals surface area contributed by atoms with Crippen LogP contribution in [-0.4, -0.2) is 11.0 Å². The molecule has 0 aromatic heterocycles. The summed E-state index contributed by atoms with van der Waals surface area (Å²) >= 11 is 1.09. The number of fused-ring (bicyclic) bond motifs is 1. The van der Waals surface area contributed by atoms with Crippen molar-refractivity contribution in [2.45, 2.75) is 4.90 Å². The Morgan fingerprint density at radius 2 is 1.84 bits per heavy atom. The summed E-state index contributed by atoms with van der Waals surface area (Å²) in [5, 5.41) is 1.05. The summed E-state index contributed by atoms with van der Waals surface area (Å²) in [6.45, 7) is 0. The molecule has 3 nitrogen and oxygen atoms in total. The molecule has 19 heavy (non-hydrogen) atoms. The van der Waals surface area contributed by atoms with Gasteiger partial charge < -0.3 is 0 Å². The highest BCUT2D eigenvalue weighted by Crippen LogP contribution is 2.19. The molecular formula is C15H9NO2S.